The Bertz CT molecular complexity index is 978. The van der Waals surface area contributed by atoms with Crippen LogP contribution in [0.5, 0.6) is 0 Å². The Labute approximate surface area is 151 Å². The lowest BCUT2D eigenvalue weighted by Crippen LogP contribution is -2.28. The molecule has 0 fully saturated rings. The second kappa shape index (κ2) is 6.55. The molecule has 0 aliphatic carbocycles. The Hall–Kier alpha value is -3.28. The fourth-order valence-corrected chi connectivity index (χ4v) is 3.32. The van der Waals surface area contributed by atoms with E-state index in [2.05, 4.69) is 4.98 Å². The molecule has 1 unspecified atom stereocenters. The van der Waals surface area contributed by atoms with Gasteiger partial charge in [0.2, 0.25) is 0 Å². The summed E-state index contributed by atoms with van der Waals surface area (Å²) in [6, 6.07) is 13.2. The van der Waals surface area contributed by atoms with E-state index < -0.39 is 6.04 Å². The van der Waals surface area contributed by atoms with Crippen LogP contribution in [-0.4, -0.2) is 32.8 Å². The van der Waals surface area contributed by atoms with Gasteiger partial charge < -0.3 is 4.74 Å². The molecule has 0 radical (unpaired) electrons. The molecular formula is C20H18N4O2. The fraction of sp³-hybridized carbons (Fsp3) is 0.200. The second-order valence-corrected chi connectivity index (χ2v) is 6.21. The van der Waals surface area contributed by atoms with Gasteiger partial charge in [-0.05, 0) is 18.6 Å². The Morgan fingerprint density at radius 3 is 2.69 bits per heavy atom. The number of methoxy groups -OCH3 is 1. The van der Waals surface area contributed by atoms with Crippen LogP contribution < -0.4 is 0 Å². The molecule has 6 heteroatoms. The number of pyridine rings is 1. The van der Waals surface area contributed by atoms with Gasteiger partial charge >= 0.3 is 5.97 Å². The Kier molecular flexibility index (Phi) is 4.08. The van der Waals surface area contributed by atoms with Crippen LogP contribution in [0.4, 0.5) is 0 Å². The van der Waals surface area contributed by atoms with Gasteiger partial charge in [-0.15, -0.1) is 5.10 Å². The Morgan fingerprint density at radius 1 is 1.19 bits per heavy atom. The van der Waals surface area contributed by atoms with Crippen molar-refractivity contribution in [3.8, 4) is 11.4 Å². The minimum atomic E-state index is -0.398. The molecule has 6 nitrogen and oxygen atoms in total. The van der Waals surface area contributed by atoms with Crippen LogP contribution in [0, 0.1) is 0 Å². The molecule has 0 spiro atoms. The van der Waals surface area contributed by atoms with E-state index in [1.807, 2.05) is 54.1 Å². The lowest BCUT2D eigenvalue weighted by Gasteiger charge is -2.27. The number of aromatic nitrogens is 4. The van der Waals surface area contributed by atoms with Crippen molar-refractivity contribution in [2.45, 2.75) is 19.4 Å². The number of allylic oxidation sites excluding steroid dienone is 1. The monoisotopic (exact) mass is 346 g/mol. The van der Waals surface area contributed by atoms with Gasteiger partial charge in [0, 0.05) is 24.4 Å². The van der Waals surface area contributed by atoms with E-state index in [1.54, 1.807) is 12.4 Å². The highest BCUT2D eigenvalue weighted by molar-refractivity contribution is 5.91. The molecule has 0 amide bonds. The molecule has 26 heavy (non-hydrogen) atoms. The molecule has 0 saturated carbocycles. The van der Waals surface area contributed by atoms with Crippen molar-refractivity contribution in [3.05, 3.63) is 77.4 Å². The molecule has 2 aromatic heterocycles. The van der Waals surface area contributed by atoms with Crippen molar-refractivity contribution >= 4 is 5.97 Å². The minimum absolute atomic E-state index is 0.348. The molecule has 130 valence electrons. The maximum atomic E-state index is 12.5. The highest BCUT2D eigenvalue weighted by atomic mass is 16.5. The van der Waals surface area contributed by atoms with Crippen LogP contribution in [0.15, 0.2) is 66.0 Å². The molecule has 0 N–H and O–H groups in total. The molecule has 1 aliphatic rings. The van der Waals surface area contributed by atoms with Gasteiger partial charge in [0.05, 0.1) is 12.7 Å². The lowest BCUT2D eigenvalue weighted by molar-refractivity contribution is -0.136. The molecular weight excluding hydrogens is 328 g/mol. The predicted molar refractivity (Wildman–Crippen MR) is 96.3 cm³/mol. The van der Waals surface area contributed by atoms with Crippen LogP contribution in [0.25, 0.3) is 11.4 Å². The summed E-state index contributed by atoms with van der Waals surface area (Å²) in [7, 11) is 1.40. The molecule has 1 aliphatic heterocycles. The van der Waals surface area contributed by atoms with Crippen LogP contribution in [0.2, 0.25) is 0 Å². The first-order chi connectivity index (χ1) is 12.7. The summed E-state index contributed by atoms with van der Waals surface area (Å²) in [5.74, 6) is 1.12. The molecule has 0 saturated heterocycles. The summed E-state index contributed by atoms with van der Waals surface area (Å²) in [6.45, 7) is 1.94. The summed E-state index contributed by atoms with van der Waals surface area (Å²) < 4.78 is 6.86. The van der Waals surface area contributed by atoms with E-state index >= 15 is 0 Å². The summed E-state index contributed by atoms with van der Waals surface area (Å²) in [5, 5.41) is 4.72. The minimum Gasteiger partial charge on any atom is -0.466 e. The maximum Gasteiger partial charge on any atom is 0.336 e. The Morgan fingerprint density at radius 2 is 2.00 bits per heavy atom. The topological polar surface area (TPSA) is 69.9 Å². The number of carbonyl (C=O) groups excluding carboxylic acids is 1. The number of ether oxygens (including phenoxy) is 1. The lowest BCUT2D eigenvalue weighted by atomic mass is 9.91. The molecule has 3 heterocycles. The molecule has 4 rings (SSSR count). The van der Waals surface area contributed by atoms with Crippen molar-refractivity contribution in [2.75, 3.05) is 7.11 Å². The predicted octanol–water partition coefficient (Wildman–Crippen LogP) is 2.98. The number of carbonyl (C=O) groups is 1. The van der Waals surface area contributed by atoms with E-state index in [4.69, 9.17) is 14.8 Å². The third kappa shape index (κ3) is 2.69. The average molecular weight is 346 g/mol. The first kappa shape index (κ1) is 16.2. The smallest absolute Gasteiger partial charge is 0.336 e. The molecule has 1 atom stereocenters. The second-order valence-electron chi connectivity index (χ2n) is 6.21. The van der Waals surface area contributed by atoms with E-state index in [9.17, 15) is 4.79 Å². The maximum absolute atomic E-state index is 12.5. The fourth-order valence-electron chi connectivity index (χ4n) is 3.32. The number of esters is 1. The van der Waals surface area contributed by atoms with Crippen LogP contribution >= 0.6 is 0 Å². The Balaban J connectivity index is 1.88. The van der Waals surface area contributed by atoms with Gasteiger partial charge in [0.1, 0.15) is 11.9 Å². The largest absolute Gasteiger partial charge is 0.466 e. The normalized spacial score (nSPS) is 16.3. The van der Waals surface area contributed by atoms with Crippen LogP contribution in [-0.2, 0) is 16.0 Å². The highest BCUT2D eigenvalue weighted by Gasteiger charge is 2.34. The molecule has 3 aromatic rings. The van der Waals surface area contributed by atoms with E-state index in [-0.39, 0.29) is 5.97 Å². The van der Waals surface area contributed by atoms with Gasteiger partial charge in [0.25, 0.3) is 0 Å². The number of benzene rings is 1. The van der Waals surface area contributed by atoms with E-state index in [1.165, 1.54) is 7.11 Å². The summed E-state index contributed by atoms with van der Waals surface area (Å²) in [6.07, 6.45) is 4.01. The number of hydrogen-bond acceptors (Lipinski definition) is 5. The number of fused-ring (bicyclic) bond motifs is 1. The zero-order valence-electron chi connectivity index (χ0n) is 14.6. The zero-order chi connectivity index (χ0) is 18.1. The third-order valence-electron chi connectivity index (χ3n) is 4.54. The average Bonchev–Trinajstić information content (AvgIpc) is 3.11. The van der Waals surface area contributed by atoms with Gasteiger partial charge in [0.15, 0.2) is 5.82 Å². The van der Waals surface area contributed by atoms with E-state index in [0.717, 1.165) is 22.5 Å². The summed E-state index contributed by atoms with van der Waals surface area (Å²) in [4.78, 5) is 21.4. The first-order valence-corrected chi connectivity index (χ1v) is 8.37. The quantitative estimate of drug-likeness (QED) is 0.682. The summed E-state index contributed by atoms with van der Waals surface area (Å²) >= 11 is 0. The van der Waals surface area contributed by atoms with Crippen LogP contribution in [0.3, 0.4) is 0 Å². The van der Waals surface area contributed by atoms with Crippen molar-refractivity contribution in [2.24, 2.45) is 0 Å². The number of rotatable bonds is 3. The van der Waals surface area contributed by atoms with Gasteiger partial charge in [-0.25, -0.2) is 14.5 Å². The SMILES string of the molecule is COC(=O)C1=C(C)Cc2nc(-c3ccccc3)nn2C1c1cccnc1. The van der Waals surface area contributed by atoms with Gasteiger partial charge in [-0.1, -0.05) is 42.0 Å². The van der Waals surface area contributed by atoms with Gasteiger partial charge in [-0.3, -0.25) is 4.98 Å². The van der Waals surface area contributed by atoms with Crippen molar-refractivity contribution in [1.82, 2.24) is 19.7 Å². The van der Waals surface area contributed by atoms with Crippen LogP contribution in [0.1, 0.15) is 24.4 Å². The molecule has 0 bridgehead atoms. The number of nitrogens with zero attached hydrogens (tertiary/aromatic N) is 4. The van der Waals surface area contributed by atoms with Crippen molar-refractivity contribution in [3.63, 3.8) is 0 Å². The van der Waals surface area contributed by atoms with Gasteiger partial charge in [-0.2, -0.15) is 0 Å². The summed E-state index contributed by atoms with van der Waals surface area (Å²) in [5.41, 5.74) is 3.34. The van der Waals surface area contributed by atoms with Crippen molar-refractivity contribution in [1.29, 1.82) is 0 Å². The number of hydrogen-bond donors (Lipinski definition) is 0. The zero-order valence-corrected chi connectivity index (χ0v) is 14.6. The van der Waals surface area contributed by atoms with E-state index in [0.29, 0.717) is 17.8 Å². The standard InChI is InChI=1S/C20H18N4O2/c1-13-11-16-22-19(14-7-4-3-5-8-14)23-24(16)18(17(13)20(25)26-2)15-9-6-10-21-12-15/h3-10,12,18H,11H2,1-2H3. The first-order valence-electron chi connectivity index (χ1n) is 8.37. The third-order valence-corrected chi connectivity index (χ3v) is 4.54. The highest BCUT2D eigenvalue weighted by Crippen LogP contribution is 2.35. The molecule has 1 aromatic carbocycles. The van der Waals surface area contributed by atoms with Crippen molar-refractivity contribution < 1.29 is 9.53 Å².